The molecule has 0 aliphatic carbocycles. The SMILES string of the molecule is Cc1cc(C(=O)N[C@H](Cc2cnc[nH]2)C(=O)O)ccc1N. The van der Waals surface area contributed by atoms with Gasteiger partial charge in [-0.25, -0.2) is 9.78 Å². The molecule has 2 aromatic rings. The maximum Gasteiger partial charge on any atom is 0.326 e. The van der Waals surface area contributed by atoms with Crippen molar-refractivity contribution < 1.29 is 14.7 Å². The number of amides is 1. The fourth-order valence-corrected chi connectivity index (χ4v) is 1.87. The Bertz CT molecular complexity index is 652. The van der Waals surface area contributed by atoms with Crippen LogP contribution < -0.4 is 11.1 Å². The summed E-state index contributed by atoms with van der Waals surface area (Å²) in [5, 5.41) is 11.7. The van der Waals surface area contributed by atoms with Crippen LogP contribution in [0.5, 0.6) is 0 Å². The van der Waals surface area contributed by atoms with E-state index in [0.717, 1.165) is 5.56 Å². The van der Waals surface area contributed by atoms with E-state index in [0.29, 0.717) is 16.9 Å². The van der Waals surface area contributed by atoms with Crippen LogP contribution in [0, 0.1) is 6.92 Å². The molecule has 1 aromatic heterocycles. The first-order chi connectivity index (χ1) is 9.97. The second-order valence-corrected chi connectivity index (χ2v) is 4.72. The summed E-state index contributed by atoms with van der Waals surface area (Å²) >= 11 is 0. The number of aryl methyl sites for hydroxylation is 1. The van der Waals surface area contributed by atoms with Gasteiger partial charge in [-0.15, -0.1) is 0 Å². The molecule has 7 heteroatoms. The number of H-pyrrole nitrogens is 1. The molecule has 110 valence electrons. The van der Waals surface area contributed by atoms with Gasteiger partial charge in [0.15, 0.2) is 0 Å². The Morgan fingerprint density at radius 3 is 2.81 bits per heavy atom. The van der Waals surface area contributed by atoms with Crippen molar-refractivity contribution in [1.29, 1.82) is 0 Å². The number of rotatable bonds is 5. The maximum atomic E-state index is 12.1. The molecule has 7 nitrogen and oxygen atoms in total. The van der Waals surface area contributed by atoms with E-state index in [1.54, 1.807) is 25.1 Å². The van der Waals surface area contributed by atoms with Crippen molar-refractivity contribution in [2.75, 3.05) is 5.73 Å². The number of aliphatic carboxylic acids is 1. The van der Waals surface area contributed by atoms with Gasteiger partial charge < -0.3 is 21.1 Å². The lowest BCUT2D eigenvalue weighted by atomic mass is 10.1. The first kappa shape index (κ1) is 14.6. The molecule has 0 saturated heterocycles. The van der Waals surface area contributed by atoms with Gasteiger partial charge in [0.2, 0.25) is 0 Å². The molecular formula is C14H16N4O3. The number of benzene rings is 1. The number of carbonyl (C=O) groups excluding carboxylic acids is 1. The number of hydrogen-bond acceptors (Lipinski definition) is 4. The Labute approximate surface area is 121 Å². The standard InChI is InChI=1S/C14H16N4O3/c1-8-4-9(2-3-11(8)15)13(19)18-12(14(20)21)5-10-6-16-7-17-10/h2-4,6-7,12H,5,15H2,1H3,(H,16,17)(H,18,19)(H,20,21)/t12-/m1/s1. The van der Waals surface area contributed by atoms with Gasteiger partial charge in [-0.3, -0.25) is 4.79 Å². The van der Waals surface area contributed by atoms with Gasteiger partial charge in [0.05, 0.1) is 6.33 Å². The highest BCUT2D eigenvalue weighted by molar-refractivity contribution is 5.97. The van der Waals surface area contributed by atoms with Crippen LogP contribution >= 0.6 is 0 Å². The minimum absolute atomic E-state index is 0.134. The average Bonchev–Trinajstić information content (AvgIpc) is 2.93. The topological polar surface area (TPSA) is 121 Å². The minimum Gasteiger partial charge on any atom is -0.480 e. The fraction of sp³-hybridized carbons (Fsp3) is 0.214. The molecule has 0 unspecified atom stereocenters. The molecule has 2 rings (SSSR count). The number of carbonyl (C=O) groups is 2. The van der Waals surface area contributed by atoms with E-state index in [2.05, 4.69) is 15.3 Å². The van der Waals surface area contributed by atoms with Crippen LogP contribution in [-0.2, 0) is 11.2 Å². The first-order valence-corrected chi connectivity index (χ1v) is 6.34. The summed E-state index contributed by atoms with van der Waals surface area (Å²) < 4.78 is 0. The number of nitrogens with two attached hydrogens (primary N) is 1. The number of nitrogens with one attached hydrogen (secondary N) is 2. The molecule has 0 radical (unpaired) electrons. The highest BCUT2D eigenvalue weighted by Crippen LogP contribution is 2.13. The van der Waals surface area contributed by atoms with E-state index < -0.39 is 17.9 Å². The van der Waals surface area contributed by atoms with Crippen LogP contribution in [0.4, 0.5) is 5.69 Å². The lowest BCUT2D eigenvalue weighted by Crippen LogP contribution is -2.42. The normalized spacial score (nSPS) is 11.9. The number of nitrogens with zero attached hydrogens (tertiary/aromatic N) is 1. The zero-order valence-corrected chi connectivity index (χ0v) is 11.5. The molecule has 21 heavy (non-hydrogen) atoms. The van der Waals surface area contributed by atoms with Gasteiger partial charge in [-0.2, -0.15) is 0 Å². The summed E-state index contributed by atoms with van der Waals surface area (Å²) in [5.41, 5.74) is 8.05. The number of anilines is 1. The molecule has 0 fully saturated rings. The van der Waals surface area contributed by atoms with Gasteiger partial charge in [0.25, 0.3) is 5.91 Å². The summed E-state index contributed by atoms with van der Waals surface area (Å²) in [4.78, 5) is 30.0. The quantitative estimate of drug-likeness (QED) is 0.604. The zero-order valence-electron chi connectivity index (χ0n) is 11.5. The second-order valence-electron chi connectivity index (χ2n) is 4.72. The Hall–Kier alpha value is -2.83. The third-order valence-corrected chi connectivity index (χ3v) is 3.11. The summed E-state index contributed by atoms with van der Waals surface area (Å²) in [5.74, 6) is -1.56. The molecule has 0 bridgehead atoms. The second kappa shape index (κ2) is 6.08. The number of imidazole rings is 1. The van der Waals surface area contributed by atoms with Gasteiger partial charge in [-0.1, -0.05) is 0 Å². The molecular weight excluding hydrogens is 272 g/mol. The number of hydrogen-bond donors (Lipinski definition) is 4. The molecule has 5 N–H and O–H groups in total. The van der Waals surface area contributed by atoms with Crippen molar-refractivity contribution in [3.63, 3.8) is 0 Å². The number of carboxylic acid groups (broad SMARTS) is 1. The van der Waals surface area contributed by atoms with Crippen LogP contribution in [0.1, 0.15) is 21.6 Å². The highest BCUT2D eigenvalue weighted by Gasteiger charge is 2.21. The van der Waals surface area contributed by atoms with Crippen molar-refractivity contribution in [3.8, 4) is 0 Å². The summed E-state index contributed by atoms with van der Waals surface area (Å²) in [7, 11) is 0. The highest BCUT2D eigenvalue weighted by atomic mass is 16.4. The van der Waals surface area contributed by atoms with Crippen LogP contribution in [0.25, 0.3) is 0 Å². The van der Waals surface area contributed by atoms with Crippen molar-refractivity contribution in [2.24, 2.45) is 0 Å². The first-order valence-electron chi connectivity index (χ1n) is 6.34. The molecule has 1 aromatic carbocycles. The lowest BCUT2D eigenvalue weighted by molar-refractivity contribution is -0.139. The fourth-order valence-electron chi connectivity index (χ4n) is 1.87. The van der Waals surface area contributed by atoms with Crippen LogP contribution in [0.3, 0.4) is 0 Å². The third-order valence-electron chi connectivity index (χ3n) is 3.11. The zero-order chi connectivity index (χ0) is 15.4. The smallest absolute Gasteiger partial charge is 0.326 e. The summed E-state index contributed by atoms with van der Waals surface area (Å²) in [6.45, 7) is 1.78. The van der Waals surface area contributed by atoms with E-state index in [9.17, 15) is 14.7 Å². The van der Waals surface area contributed by atoms with Crippen molar-refractivity contribution in [2.45, 2.75) is 19.4 Å². The van der Waals surface area contributed by atoms with E-state index in [-0.39, 0.29) is 6.42 Å². The van der Waals surface area contributed by atoms with Crippen molar-refractivity contribution in [1.82, 2.24) is 15.3 Å². The number of carboxylic acids is 1. The van der Waals surface area contributed by atoms with Crippen LogP contribution in [0.2, 0.25) is 0 Å². The Morgan fingerprint density at radius 2 is 2.24 bits per heavy atom. The minimum atomic E-state index is -1.11. The van der Waals surface area contributed by atoms with Crippen LogP contribution in [-0.4, -0.2) is 33.0 Å². The lowest BCUT2D eigenvalue weighted by Gasteiger charge is -2.14. The Morgan fingerprint density at radius 1 is 1.48 bits per heavy atom. The number of nitrogen functional groups attached to an aromatic ring is 1. The van der Waals surface area contributed by atoms with Crippen LogP contribution in [0.15, 0.2) is 30.7 Å². The van der Waals surface area contributed by atoms with E-state index in [4.69, 9.17) is 5.73 Å². The third kappa shape index (κ3) is 3.59. The summed E-state index contributed by atoms with van der Waals surface area (Å²) in [6.07, 6.45) is 3.11. The summed E-state index contributed by atoms with van der Waals surface area (Å²) in [6, 6.07) is 3.78. The Balaban J connectivity index is 2.10. The van der Waals surface area contributed by atoms with Gasteiger partial charge in [-0.05, 0) is 30.7 Å². The monoisotopic (exact) mass is 288 g/mol. The predicted octanol–water partition coefficient (Wildman–Crippen LogP) is 0.726. The molecule has 1 heterocycles. The predicted molar refractivity (Wildman–Crippen MR) is 76.8 cm³/mol. The molecule has 0 aliphatic heterocycles. The molecule has 0 aliphatic rings. The number of aromatic nitrogens is 2. The van der Waals surface area contributed by atoms with Crippen molar-refractivity contribution in [3.05, 3.63) is 47.5 Å². The van der Waals surface area contributed by atoms with E-state index in [1.807, 2.05) is 0 Å². The van der Waals surface area contributed by atoms with E-state index >= 15 is 0 Å². The largest absolute Gasteiger partial charge is 0.480 e. The molecule has 1 atom stereocenters. The molecule has 0 spiro atoms. The molecule has 1 amide bonds. The van der Waals surface area contributed by atoms with Gasteiger partial charge >= 0.3 is 5.97 Å². The van der Waals surface area contributed by atoms with Gasteiger partial charge in [0.1, 0.15) is 6.04 Å². The average molecular weight is 288 g/mol. The van der Waals surface area contributed by atoms with E-state index in [1.165, 1.54) is 12.5 Å². The number of aromatic amines is 1. The van der Waals surface area contributed by atoms with Crippen molar-refractivity contribution >= 4 is 17.6 Å². The van der Waals surface area contributed by atoms with Gasteiger partial charge in [0, 0.05) is 29.6 Å². The molecule has 0 saturated carbocycles. The maximum absolute atomic E-state index is 12.1. The Kier molecular flexibility index (Phi) is 4.22.